The molecule has 2 aromatic rings. The van der Waals surface area contributed by atoms with Crippen molar-refractivity contribution in [3.05, 3.63) is 58.7 Å². The number of carbonyl (C=O) groups excluding carboxylic acids is 1. The molecule has 2 aromatic carbocycles. The lowest BCUT2D eigenvalue weighted by molar-refractivity contribution is 0.0535. The van der Waals surface area contributed by atoms with Crippen molar-refractivity contribution >= 4 is 5.91 Å². The van der Waals surface area contributed by atoms with E-state index < -0.39 is 0 Å². The maximum absolute atomic E-state index is 13.4. The molecule has 3 aliphatic heterocycles. The molecule has 0 unspecified atom stereocenters. The van der Waals surface area contributed by atoms with Crippen molar-refractivity contribution in [3.8, 4) is 11.5 Å². The largest absolute Gasteiger partial charge is 0.492 e. The molecule has 176 valence electrons. The Balaban J connectivity index is 1.48. The minimum atomic E-state index is -0.135. The summed E-state index contributed by atoms with van der Waals surface area (Å²) in [5.41, 5.74) is 4.04. The Hall–Kier alpha value is -2.57. The lowest BCUT2D eigenvalue weighted by Crippen LogP contribution is -2.54. The van der Waals surface area contributed by atoms with Gasteiger partial charge in [-0.2, -0.15) is 0 Å². The van der Waals surface area contributed by atoms with Gasteiger partial charge in [0.2, 0.25) is 0 Å². The highest BCUT2D eigenvalue weighted by molar-refractivity contribution is 5.98. The van der Waals surface area contributed by atoms with Crippen molar-refractivity contribution in [3.63, 3.8) is 0 Å². The van der Waals surface area contributed by atoms with Crippen LogP contribution in [0.25, 0.3) is 0 Å². The third kappa shape index (κ3) is 4.11. The van der Waals surface area contributed by atoms with Crippen LogP contribution < -0.4 is 20.1 Å². The second-order valence-corrected chi connectivity index (χ2v) is 9.63. The zero-order valence-corrected chi connectivity index (χ0v) is 19.9. The predicted octanol–water partition coefficient (Wildman–Crippen LogP) is 3.87. The van der Waals surface area contributed by atoms with E-state index in [0.717, 1.165) is 49.7 Å². The summed E-state index contributed by atoms with van der Waals surface area (Å²) in [6, 6.07) is 12.8. The number of piperidine rings is 2. The van der Waals surface area contributed by atoms with E-state index in [9.17, 15) is 4.79 Å². The average molecular weight is 450 g/mol. The number of rotatable bonds is 5. The van der Waals surface area contributed by atoms with E-state index >= 15 is 0 Å². The maximum Gasteiger partial charge on any atom is 0.255 e. The van der Waals surface area contributed by atoms with Crippen LogP contribution in [0.3, 0.4) is 0 Å². The van der Waals surface area contributed by atoms with Gasteiger partial charge in [-0.05, 0) is 62.3 Å². The quantitative estimate of drug-likeness (QED) is 0.726. The van der Waals surface area contributed by atoms with Gasteiger partial charge >= 0.3 is 0 Å². The van der Waals surface area contributed by atoms with E-state index in [1.807, 2.05) is 43.3 Å². The molecule has 2 N–H and O–H groups in total. The second kappa shape index (κ2) is 9.35. The summed E-state index contributed by atoms with van der Waals surface area (Å²) in [6.07, 6.45) is 4.58. The van der Waals surface area contributed by atoms with E-state index in [2.05, 4.69) is 15.5 Å². The zero-order chi connectivity index (χ0) is 22.9. The SMILES string of the molecule is COc1c(C(=O)N[C@H](C)c2ccccc2)cc2c(c1OC)[C@H]1C[C@H]3NCCC[C@H]3CN1CC2. The molecule has 5 rings (SSSR count). The Morgan fingerprint density at radius 3 is 2.73 bits per heavy atom. The Morgan fingerprint density at radius 2 is 1.97 bits per heavy atom. The first kappa shape index (κ1) is 22.2. The molecule has 0 aliphatic carbocycles. The van der Waals surface area contributed by atoms with Crippen molar-refractivity contribution in [2.24, 2.45) is 5.92 Å². The van der Waals surface area contributed by atoms with E-state index in [0.29, 0.717) is 23.4 Å². The minimum Gasteiger partial charge on any atom is -0.492 e. The zero-order valence-electron chi connectivity index (χ0n) is 19.9. The molecule has 0 spiro atoms. The lowest BCUT2D eigenvalue weighted by Gasteiger charge is -2.49. The predicted molar refractivity (Wildman–Crippen MR) is 129 cm³/mol. The Labute approximate surface area is 196 Å². The van der Waals surface area contributed by atoms with Crippen molar-refractivity contribution in [2.45, 2.75) is 50.7 Å². The number of carbonyl (C=O) groups is 1. The third-order valence-electron chi connectivity index (χ3n) is 7.78. The second-order valence-electron chi connectivity index (χ2n) is 9.63. The van der Waals surface area contributed by atoms with Crippen molar-refractivity contribution in [1.82, 2.24) is 15.5 Å². The highest BCUT2D eigenvalue weighted by Crippen LogP contribution is 2.48. The maximum atomic E-state index is 13.4. The molecule has 6 nitrogen and oxygen atoms in total. The molecule has 33 heavy (non-hydrogen) atoms. The van der Waals surface area contributed by atoms with E-state index in [4.69, 9.17) is 9.47 Å². The fourth-order valence-corrected chi connectivity index (χ4v) is 6.10. The summed E-state index contributed by atoms with van der Waals surface area (Å²) in [5, 5.41) is 6.90. The van der Waals surface area contributed by atoms with Gasteiger partial charge in [-0.25, -0.2) is 0 Å². The molecule has 0 radical (unpaired) electrons. The van der Waals surface area contributed by atoms with Crippen LogP contribution in [0, 0.1) is 5.92 Å². The highest BCUT2D eigenvalue weighted by atomic mass is 16.5. The Bertz CT molecular complexity index is 1010. The molecule has 1 amide bonds. The van der Waals surface area contributed by atoms with Crippen LogP contribution in [-0.2, 0) is 6.42 Å². The van der Waals surface area contributed by atoms with Crippen molar-refractivity contribution in [2.75, 3.05) is 33.9 Å². The number of methoxy groups -OCH3 is 2. The summed E-state index contributed by atoms with van der Waals surface area (Å²) in [5.74, 6) is 1.85. The van der Waals surface area contributed by atoms with Gasteiger partial charge in [0.1, 0.15) is 0 Å². The molecule has 3 heterocycles. The number of amides is 1. The monoisotopic (exact) mass is 449 g/mol. The fourth-order valence-electron chi connectivity index (χ4n) is 6.10. The standard InChI is InChI=1S/C27H35N3O3/c1-17(18-8-5-4-6-9-18)29-27(31)21-14-19-11-13-30-16-20-10-7-12-28-22(20)15-23(30)24(19)26(33-3)25(21)32-2/h4-6,8-9,14,17,20,22-23,28H,7,10-13,15-16H2,1-3H3,(H,29,31)/t17-,20+,22-,23-/m1/s1. The average Bonchev–Trinajstić information content (AvgIpc) is 2.86. The molecule has 4 atom stereocenters. The first-order chi connectivity index (χ1) is 16.1. The Morgan fingerprint density at radius 1 is 1.18 bits per heavy atom. The van der Waals surface area contributed by atoms with Crippen LogP contribution in [0.15, 0.2) is 36.4 Å². The van der Waals surface area contributed by atoms with Gasteiger partial charge in [0, 0.05) is 30.7 Å². The smallest absolute Gasteiger partial charge is 0.255 e. The number of nitrogens with zero attached hydrogens (tertiary/aromatic N) is 1. The van der Waals surface area contributed by atoms with E-state index in [-0.39, 0.29) is 11.9 Å². The van der Waals surface area contributed by atoms with Gasteiger partial charge in [-0.15, -0.1) is 0 Å². The lowest BCUT2D eigenvalue weighted by atomic mass is 9.77. The third-order valence-corrected chi connectivity index (χ3v) is 7.78. The Kier molecular flexibility index (Phi) is 6.30. The fraction of sp³-hybridized carbons (Fsp3) is 0.519. The van der Waals surface area contributed by atoms with Gasteiger partial charge in [-0.1, -0.05) is 30.3 Å². The summed E-state index contributed by atoms with van der Waals surface area (Å²) in [4.78, 5) is 16.0. The van der Waals surface area contributed by atoms with Gasteiger partial charge < -0.3 is 20.1 Å². The molecule has 0 saturated carbocycles. The molecule has 6 heteroatoms. The van der Waals surface area contributed by atoms with Gasteiger partial charge in [0.05, 0.1) is 25.8 Å². The molecular weight excluding hydrogens is 414 g/mol. The summed E-state index contributed by atoms with van der Waals surface area (Å²) < 4.78 is 11.8. The molecule has 2 saturated heterocycles. The van der Waals surface area contributed by atoms with Crippen LogP contribution in [-0.4, -0.2) is 50.7 Å². The number of ether oxygens (including phenoxy) is 2. The molecule has 0 aromatic heterocycles. The summed E-state index contributed by atoms with van der Waals surface area (Å²) in [6.45, 7) is 5.27. The minimum absolute atomic E-state index is 0.103. The topological polar surface area (TPSA) is 62.8 Å². The number of benzene rings is 2. The van der Waals surface area contributed by atoms with Crippen molar-refractivity contribution in [1.29, 1.82) is 0 Å². The summed E-state index contributed by atoms with van der Waals surface area (Å²) in [7, 11) is 3.32. The van der Waals surface area contributed by atoms with E-state index in [1.165, 1.54) is 24.0 Å². The number of hydrogen-bond donors (Lipinski definition) is 2. The molecule has 0 bridgehead atoms. The highest BCUT2D eigenvalue weighted by Gasteiger charge is 2.42. The van der Waals surface area contributed by atoms with Crippen LogP contribution in [0.2, 0.25) is 0 Å². The molecule has 3 aliphatic rings. The summed E-state index contributed by atoms with van der Waals surface area (Å²) >= 11 is 0. The molecule has 2 fully saturated rings. The van der Waals surface area contributed by atoms with Crippen LogP contribution >= 0.6 is 0 Å². The first-order valence-electron chi connectivity index (χ1n) is 12.2. The van der Waals surface area contributed by atoms with Crippen molar-refractivity contribution < 1.29 is 14.3 Å². The van der Waals surface area contributed by atoms with Gasteiger partial charge in [0.25, 0.3) is 5.91 Å². The molecular formula is C27H35N3O3. The normalized spacial score (nSPS) is 25.2. The van der Waals surface area contributed by atoms with Gasteiger partial charge in [-0.3, -0.25) is 9.69 Å². The first-order valence-corrected chi connectivity index (χ1v) is 12.2. The number of nitrogens with one attached hydrogen (secondary N) is 2. The van der Waals surface area contributed by atoms with Gasteiger partial charge in [0.15, 0.2) is 11.5 Å². The van der Waals surface area contributed by atoms with E-state index in [1.54, 1.807) is 14.2 Å². The number of fused-ring (bicyclic) bond motifs is 4. The van der Waals surface area contributed by atoms with Crippen LogP contribution in [0.1, 0.15) is 65.3 Å². The van der Waals surface area contributed by atoms with Crippen LogP contribution in [0.4, 0.5) is 0 Å². The number of hydrogen-bond acceptors (Lipinski definition) is 5. The van der Waals surface area contributed by atoms with Crippen LogP contribution in [0.5, 0.6) is 11.5 Å².